The molecule has 0 unspecified atom stereocenters. The summed E-state index contributed by atoms with van der Waals surface area (Å²) in [6, 6.07) is 12.6. The van der Waals surface area contributed by atoms with Crippen LogP contribution in [-0.4, -0.2) is 28.9 Å². The van der Waals surface area contributed by atoms with E-state index in [0.29, 0.717) is 41.2 Å². The van der Waals surface area contributed by atoms with Gasteiger partial charge < -0.3 is 14.8 Å². The first-order valence-electron chi connectivity index (χ1n) is 10.1. The molecule has 7 heteroatoms. The number of nitrogens with zero attached hydrogens (tertiary/aromatic N) is 2. The minimum Gasteiger partial charge on any atom is -0.490 e. The van der Waals surface area contributed by atoms with Gasteiger partial charge in [-0.25, -0.2) is 4.68 Å². The van der Waals surface area contributed by atoms with E-state index in [1.807, 2.05) is 51.1 Å². The second-order valence-electron chi connectivity index (χ2n) is 6.96. The first kappa shape index (κ1) is 21.4. The number of rotatable bonds is 8. The van der Waals surface area contributed by atoms with Crippen LogP contribution in [0.25, 0.3) is 10.8 Å². The molecule has 0 radical (unpaired) electrons. The van der Waals surface area contributed by atoms with Crippen molar-refractivity contribution in [1.82, 2.24) is 15.1 Å². The fraction of sp³-hybridized carbons (Fsp3) is 0.348. The van der Waals surface area contributed by atoms with E-state index in [2.05, 4.69) is 10.4 Å². The number of fused-ring (bicyclic) bond motifs is 1. The lowest BCUT2D eigenvalue weighted by Crippen LogP contribution is -2.30. The van der Waals surface area contributed by atoms with Gasteiger partial charge in [-0.2, -0.15) is 5.10 Å². The first-order chi connectivity index (χ1) is 14.4. The highest BCUT2D eigenvalue weighted by atomic mass is 16.5. The number of hydrogen-bond donors (Lipinski definition) is 1. The molecule has 3 aromatic rings. The second-order valence-corrected chi connectivity index (χ2v) is 6.96. The molecule has 1 heterocycles. The summed E-state index contributed by atoms with van der Waals surface area (Å²) in [7, 11) is 1.59. The molecule has 1 amide bonds. The molecule has 0 fully saturated rings. The third-order valence-electron chi connectivity index (χ3n) is 4.81. The second kappa shape index (κ2) is 9.43. The van der Waals surface area contributed by atoms with Crippen LogP contribution in [0, 0.1) is 0 Å². The van der Waals surface area contributed by atoms with Crippen molar-refractivity contribution in [3.8, 4) is 11.5 Å². The zero-order chi connectivity index (χ0) is 21.7. The summed E-state index contributed by atoms with van der Waals surface area (Å²) in [5, 5.41) is 8.55. The van der Waals surface area contributed by atoms with E-state index in [4.69, 9.17) is 9.47 Å². The van der Waals surface area contributed by atoms with Crippen molar-refractivity contribution in [2.45, 2.75) is 33.2 Å². The summed E-state index contributed by atoms with van der Waals surface area (Å²) >= 11 is 0. The van der Waals surface area contributed by atoms with Crippen LogP contribution < -0.4 is 20.3 Å². The summed E-state index contributed by atoms with van der Waals surface area (Å²) in [6.45, 7) is 6.82. The summed E-state index contributed by atoms with van der Waals surface area (Å²) in [4.78, 5) is 25.0. The molecule has 7 nitrogen and oxygen atoms in total. The van der Waals surface area contributed by atoms with Crippen molar-refractivity contribution in [3.05, 3.63) is 64.1 Å². The Morgan fingerprint density at radius 3 is 2.43 bits per heavy atom. The molecule has 30 heavy (non-hydrogen) atoms. The Kier molecular flexibility index (Phi) is 6.72. The number of nitrogens with one attached hydrogen (secondary N) is 1. The van der Waals surface area contributed by atoms with Gasteiger partial charge in [-0.15, -0.1) is 0 Å². The van der Waals surface area contributed by atoms with Gasteiger partial charge in [-0.05, 0) is 44.5 Å². The van der Waals surface area contributed by atoms with E-state index in [0.717, 1.165) is 5.56 Å². The highest BCUT2D eigenvalue weighted by Crippen LogP contribution is 2.30. The fourth-order valence-electron chi connectivity index (χ4n) is 3.37. The molecule has 0 spiro atoms. The zero-order valence-electron chi connectivity index (χ0n) is 17.8. The standard InChI is InChI=1S/C23H27N3O4/c1-5-29-20-12-11-16(13-21(20)30-6-2)15(3)24-22(27)14-19-17-9-7-8-10-18(17)23(28)26(4)25-19/h7-13,15H,5-6,14H2,1-4H3,(H,24,27)/t15-/m0/s1. The average Bonchev–Trinajstić information content (AvgIpc) is 2.73. The van der Waals surface area contributed by atoms with Crippen LogP contribution in [-0.2, 0) is 18.3 Å². The van der Waals surface area contributed by atoms with Gasteiger partial charge >= 0.3 is 0 Å². The molecule has 0 saturated heterocycles. The van der Waals surface area contributed by atoms with Crippen molar-refractivity contribution in [3.63, 3.8) is 0 Å². The van der Waals surface area contributed by atoms with Crippen molar-refractivity contribution in [1.29, 1.82) is 0 Å². The molecule has 0 bridgehead atoms. The summed E-state index contributed by atoms with van der Waals surface area (Å²) < 4.78 is 12.5. The smallest absolute Gasteiger partial charge is 0.274 e. The van der Waals surface area contributed by atoms with Crippen molar-refractivity contribution < 1.29 is 14.3 Å². The number of aryl methyl sites for hydroxylation is 1. The van der Waals surface area contributed by atoms with Gasteiger partial charge in [0.25, 0.3) is 5.56 Å². The number of carbonyl (C=O) groups excluding carboxylic acids is 1. The normalized spacial score (nSPS) is 11.9. The Morgan fingerprint density at radius 2 is 1.73 bits per heavy atom. The summed E-state index contributed by atoms with van der Waals surface area (Å²) in [6.07, 6.45) is 0.0777. The molecule has 1 atom stereocenters. The fourth-order valence-corrected chi connectivity index (χ4v) is 3.37. The average molecular weight is 409 g/mol. The number of benzene rings is 2. The lowest BCUT2D eigenvalue weighted by Gasteiger charge is -2.18. The zero-order valence-corrected chi connectivity index (χ0v) is 17.8. The maximum absolute atomic E-state index is 12.7. The maximum atomic E-state index is 12.7. The number of aromatic nitrogens is 2. The highest BCUT2D eigenvalue weighted by Gasteiger charge is 2.16. The van der Waals surface area contributed by atoms with Crippen LogP contribution in [0.15, 0.2) is 47.3 Å². The van der Waals surface area contributed by atoms with Gasteiger partial charge in [0, 0.05) is 12.4 Å². The minimum absolute atomic E-state index is 0.0777. The number of hydrogen-bond acceptors (Lipinski definition) is 5. The van der Waals surface area contributed by atoms with Crippen LogP contribution in [0.1, 0.15) is 38.1 Å². The molecule has 1 N–H and O–H groups in total. The monoisotopic (exact) mass is 409 g/mol. The Labute approximate surface area is 175 Å². The molecule has 1 aromatic heterocycles. The molecular weight excluding hydrogens is 382 g/mol. The van der Waals surface area contributed by atoms with E-state index in [-0.39, 0.29) is 23.9 Å². The Hall–Kier alpha value is -3.35. The minimum atomic E-state index is -0.230. The third kappa shape index (κ3) is 4.62. The lowest BCUT2D eigenvalue weighted by atomic mass is 10.1. The number of carbonyl (C=O) groups is 1. The predicted octanol–water partition coefficient (Wildman–Crippen LogP) is 3.15. The van der Waals surface area contributed by atoms with E-state index < -0.39 is 0 Å². The van der Waals surface area contributed by atoms with Crippen molar-refractivity contribution in [2.24, 2.45) is 7.05 Å². The maximum Gasteiger partial charge on any atom is 0.274 e. The van der Waals surface area contributed by atoms with Crippen LogP contribution in [0.4, 0.5) is 0 Å². The van der Waals surface area contributed by atoms with Gasteiger partial charge in [0.05, 0.1) is 36.8 Å². The van der Waals surface area contributed by atoms with Crippen molar-refractivity contribution in [2.75, 3.05) is 13.2 Å². The molecule has 0 aliphatic carbocycles. The van der Waals surface area contributed by atoms with E-state index in [9.17, 15) is 9.59 Å². The van der Waals surface area contributed by atoms with Crippen LogP contribution >= 0.6 is 0 Å². The molecular formula is C23H27N3O4. The van der Waals surface area contributed by atoms with Gasteiger partial charge in [-0.3, -0.25) is 9.59 Å². The molecule has 0 aliphatic heterocycles. The molecule has 158 valence electrons. The van der Waals surface area contributed by atoms with E-state index in [1.165, 1.54) is 4.68 Å². The van der Waals surface area contributed by atoms with E-state index in [1.54, 1.807) is 19.2 Å². The van der Waals surface area contributed by atoms with Gasteiger partial charge in [0.15, 0.2) is 11.5 Å². The van der Waals surface area contributed by atoms with Gasteiger partial charge in [-0.1, -0.05) is 24.3 Å². The molecule has 0 saturated carbocycles. The number of ether oxygens (including phenoxy) is 2. The Bertz CT molecular complexity index is 1110. The number of amides is 1. The third-order valence-corrected chi connectivity index (χ3v) is 4.81. The molecule has 2 aromatic carbocycles. The molecule has 3 rings (SSSR count). The van der Waals surface area contributed by atoms with Crippen LogP contribution in [0.2, 0.25) is 0 Å². The highest BCUT2D eigenvalue weighted by molar-refractivity contribution is 5.88. The van der Waals surface area contributed by atoms with Gasteiger partial charge in [0.1, 0.15) is 0 Å². The van der Waals surface area contributed by atoms with Crippen LogP contribution in [0.3, 0.4) is 0 Å². The lowest BCUT2D eigenvalue weighted by molar-refractivity contribution is -0.121. The van der Waals surface area contributed by atoms with E-state index >= 15 is 0 Å². The summed E-state index contributed by atoms with van der Waals surface area (Å²) in [5.74, 6) is 1.16. The Balaban J connectivity index is 1.79. The topological polar surface area (TPSA) is 82.5 Å². The first-order valence-corrected chi connectivity index (χ1v) is 10.1. The van der Waals surface area contributed by atoms with Crippen LogP contribution in [0.5, 0.6) is 11.5 Å². The van der Waals surface area contributed by atoms with Gasteiger partial charge in [0.2, 0.25) is 5.91 Å². The SMILES string of the molecule is CCOc1ccc([C@H](C)NC(=O)Cc2nn(C)c(=O)c3ccccc23)cc1OCC. The Morgan fingerprint density at radius 1 is 1.07 bits per heavy atom. The summed E-state index contributed by atoms with van der Waals surface area (Å²) in [5.41, 5.74) is 1.30. The predicted molar refractivity (Wildman–Crippen MR) is 116 cm³/mol. The quantitative estimate of drug-likeness (QED) is 0.618. The van der Waals surface area contributed by atoms with Crippen molar-refractivity contribution >= 4 is 16.7 Å². The largest absolute Gasteiger partial charge is 0.490 e. The molecule has 0 aliphatic rings.